The summed E-state index contributed by atoms with van der Waals surface area (Å²) in [6.07, 6.45) is 8.66. The van der Waals surface area contributed by atoms with Crippen LogP contribution in [-0.4, -0.2) is 30.1 Å². The van der Waals surface area contributed by atoms with Crippen LogP contribution in [0.3, 0.4) is 0 Å². The topological polar surface area (TPSA) is 97.8 Å². The fraction of sp³-hybridized carbons (Fsp3) is 0.257. The molecule has 2 aliphatic rings. The Labute approximate surface area is 448 Å². The summed E-state index contributed by atoms with van der Waals surface area (Å²) < 4.78 is 0. The van der Waals surface area contributed by atoms with Gasteiger partial charge in [0.05, 0.1) is 36.0 Å². The van der Waals surface area contributed by atoms with Crippen LogP contribution in [0.5, 0.6) is 0 Å². The smallest absolute Gasteiger partial charge is 0.0737 e. The third-order valence-electron chi connectivity index (χ3n) is 15.5. The number of aliphatic hydroxyl groups is 2. The number of aromatic nitrogens is 4. The van der Waals surface area contributed by atoms with Crippen molar-refractivity contribution in [1.82, 2.24) is 19.9 Å². The van der Waals surface area contributed by atoms with E-state index in [1.807, 2.05) is 24.3 Å². The van der Waals surface area contributed by atoms with Gasteiger partial charge in [0, 0.05) is 44.3 Å². The maximum atomic E-state index is 11.0. The lowest BCUT2D eigenvalue weighted by Crippen LogP contribution is -2.16. The molecule has 4 N–H and O–H groups in total. The zero-order valence-electron chi connectivity index (χ0n) is 46.2. The maximum absolute atomic E-state index is 11.0. The Hall–Kier alpha value is -7.64. The van der Waals surface area contributed by atoms with E-state index in [0.29, 0.717) is 0 Å². The molecule has 0 aliphatic carbocycles. The number of H-pyrrole nitrogens is 2. The van der Waals surface area contributed by atoms with E-state index in [9.17, 15) is 10.2 Å². The van der Waals surface area contributed by atoms with Crippen molar-refractivity contribution in [2.45, 2.75) is 118 Å². The molecule has 0 atom stereocenters. The van der Waals surface area contributed by atoms with Crippen LogP contribution in [-0.2, 0) is 34.9 Å². The highest BCUT2D eigenvalue weighted by molar-refractivity contribution is 6.08. The maximum Gasteiger partial charge on any atom is 0.0737 e. The van der Waals surface area contributed by atoms with E-state index < -0.39 is 0 Å². The summed E-state index contributed by atoms with van der Waals surface area (Å²) in [4.78, 5) is 19.5. The molecule has 3 aromatic heterocycles. The summed E-state index contributed by atoms with van der Waals surface area (Å²) in [5.74, 6) is 0. The van der Waals surface area contributed by atoms with Crippen LogP contribution >= 0.6 is 0 Å². The quantitative estimate of drug-likeness (QED) is 0.133. The third kappa shape index (κ3) is 9.11. The molecule has 5 heterocycles. The number of fused-ring (bicyclic) bond motifs is 10. The van der Waals surface area contributed by atoms with Gasteiger partial charge in [0.1, 0.15) is 0 Å². The molecule has 0 amide bonds. The molecule has 2 aliphatic heterocycles. The average molecular weight is 999 g/mol. The number of nitrogens with one attached hydrogen (secondary N) is 2. The van der Waals surface area contributed by atoms with Crippen LogP contribution in [0.4, 0.5) is 0 Å². The van der Waals surface area contributed by atoms with E-state index in [1.165, 1.54) is 22.3 Å². The SMILES string of the molecule is CC(C)(C)c1cc(-c2c3nc(c(-c4cccc5cccc(CO)c45)c4ccc([nH]4)c(-c4cc(C(C)(C)C)cc(C(C)(C)C)c4)c4nc(c(-c5cccc6cccc(CO)c56)c5ccc2[nH]5)C=C4)C=C3)cc(C(C)(C)C)c1. The van der Waals surface area contributed by atoms with E-state index in [1.54, 1.807) is 0 Å². The highest BCUT2D eigenvalue weighted by Crippen LogP contribution is 2.44. The molecular weight excluding hydrogens is 929 g/mol. The molecule has 0 saturated heterocycles. The van der Waals surface area contributed by atoms with Crippen molar-refractivity contribution in [3.05, 3.63) is 190 Å². The van der Waals surface area contributed by atoms with Crippen molar-refractivity contribution in [2.75, 3.05) is 0 Å². The standard InChI is InChI=1S/C70H70N4O2/c1-67(2,3)47-33-45(34-48(37-47)68(4,5)6)63-53-25-29-57(71-53)65(51-23-15-19-41-17-13-21-43(39-75)61(41)51)59-31-27-55(73-59)64(46-35-49(69(7,8)9)38-50(36-46)70(10,11)12)56-28-32-60(74-56)66(58-30-26-54(63)72-58)52-24-16-20-42-18-14-22-44(40-76)62(42)52/h13-38,71,74-76H,39-40H2,1-12H3. The van der Waals surface area contributed by atoms with Crippen LogP contribution in [0.2, 0.25) is 0 Å². The molecule has 6 nitrogen and oxygen atoms in total. The van der Waals surface area contributed by atoms with Crippen LogP contribution in [0.15, 0.2) is 133 Å². The first-order valence-corrected chi connectivity index (χ1v) is 26.8. The predicted octanol–water partition coefficient (Wildman–Crippen LogP) is 17.8. The Morgan fingerprint density at radius 1 is 0.355 bits per heavy atom. The van der Waals surface area contributed by atoms with Crippen molar-refractivity contribution in [1.29, 1.82) is 0 Å². The lowest BCUT2D eigenvalue weighted by atomic mass is 9.78. The Kier molecular flexibility index (Phi) is 12.3. The number of benzene rings is 6. The van der Waals surface area contributed by atoms with Gasteiger partial charge in [0.2, 0.25) is 0 Å². The Morgan fingerprint density at radius 3 is 0.947 bits per heavy atom. The van der Waals surface area contributed by atoms with Crippen molar-refractivity contribution >= 4 is 67.9 Å². The van der Waals surface area contributed by atoms with Gasteiger partial charge >= 0.3 is 0 Å². The normalized spacial score (nSPS) is 13.1. The zero-order valence-corrected chi connectivity index (χ0v) is 46.2. The fourth-order valence-electron chi connectivity index (χ4n) is 11.2. The molecular formula is C70H70N4O2. The first-order valence-electron chi connectivity index (χ1n) is 26.8. The molecule has 11 rings (SSSR count). The van der Waals surface area contributed by atoms with Gasteiger partial charge < -0.3 is 20.2 Å². The second kappa shape index (κ2) is 18.6. The molecule has 76 heavy (non-hydrogen) atoms. The van der Waals surface area contributed by atoms with Gasteiger partial charge in [-0.05, 0) is 147 Å². The van der Waals surface area contributed by atoms with Crippen LogP contribution in [0.25, 0.3) is 112 Å². The lowest BCUT2D eigenvalue weighted by Gasteiger charge is -2.26. The Balaban J connectivity index is 1.38. The fourth-order valence-corrected chi connectivity index (χ4v) is 11.2. The number of aliphatic hydroxyl groups excluding tert-OH is 2. The molecule has 0 unspecified atom stereocenters. The Morgan fingerprint density at radius 2 is 0.645 bits per heavy atom. The summed E-state index contributed by atoms with van der Waals surface area (Å²) in [7, 11) is 0. The molecule has 8 bridgehead atoms. The van der Waals surface area contributed by atoms with E-state index >= 15 is 0 Å². The molecule has 382 valence electrons. The molecule has 9 aromatic rings. The molecule has 0 fully saturated rings. The van der Waals surface area contributed by atoms with Crippen molar-refractivity contribution in [2.24, 2.45) is 0 Å². The third-order valence-corrected chi connectivity index (χ3v) is 15.5. The van der Waals surface area contributed by atoms with Crippen molar-refractivity contribution in [3.63, 3.8) is 0 Å². The van der Waals surface area contributed by atoms with E-state index in [0.717, 1.165) is 122 Å². The van der Waals surface area contributed by atoms with Gasteiger partial charge in [-0.3, -0.25) is 0 Å². The summed E-state index contributed by atoms with van der Waals surface area (Å²) in [6, 6.07) is 48.0. The van der Waals surface area contributed by atoms with E-state index in [2.05, 4.69) is 227 Å². The minimum atomic E-state index is -0.134. The number of aromatic amines is 2. The molecule has 6 heteroatoms. The molecule has 0 radical (unpaired) electrons. The van der Waals surface area contributed by atoms with Crippen LogP contribution in [0.1, 0.15) is 139 Å². The summed E-state index contributed by atoms with van der Waals surface area (Å²) in [5, 5.41) is 26.0. The van der Waals surface area contributed by atoms with Gasteiger partial charge in [-0.1, -0.05) is 192 Å². The van der Waals surface area contributed by atoms with E-state index in [4.69, 9.17) is 9.97 Å². The number of nitrogens with zero attached hydrogens (tertiary/aromatic N) is 2. The highest BCUT2D eigenvalue weighted by Gasteiger charge is 2.27. The first-order chi connectivity index (χ1) is 36.1. The highest BCUT2D eigenvalue weighted by atomic mass is 16.3. The van der Waals surface area contributed by atoms with Crippen LogP contribution in [0, 0.1) is 0 Å². The van der Waals surface area contributed by atoms with Crippen LogP contribution < -0.4 is 0 Å². The molecule has 0 saturated carbocycles. The number of rotatable bonds is 6. The summed E-state index contributed by atoms with van der Waals surface area (Å²) in [6.45, 7) is 27.2. The number of hydrogen-bond donors (Lipinski definition) is 4. The zero-order chi connectivity index (χ0) is 53.6. The minimum Gasteiger partial charge on any atom is -0.392 e. The van der Waals surface area contributed by atoms with Gasteiger partial charge in [-0.15, -0.1) is 0 Å². The number of hydrogen-bond acceptors (Lipinski definition) is 4. The van der Waals surface area contributed by atoms with Gasteiger partial charge in [-0.25, -0.2) is 9.97 Å². The average Bonchev–Trinajstić information content (AvgIpc) is 4.26. The van der Waals surface area contributed by atoms with E-state index in [-0.39, 0.29) is 34.9 Å². The van der Waals surface area contributed by atoms with Crippen molar-refractivity contribution < 1.29 is 10.2 Å². The summed E-state index contributed by atoms with van der Waals surface area (Å²) >= 11 is 0. The lowest BCUT2D eigenvalue weighted by molar-refractivity contribution is 0.283. The molecule has 0 spiro atoms. The second-order valence-corrected chi connectivity index (χ2v) is 25.1. The Bertz CT molecular complexity index is 3720. The van der Waals surface area contributed by atoms with Gasteiger partial charge in [-0.2, -0.15) is 0 Å². The van der Waals surface area contributed by atoms with Crippen molar-refractivity contribution in [3.8, 4) is 44.5 Å². The van der Waals surface area contributed by atoms with Gasteiger partial charge in [0.15, 0.2) is 0 Å². The monoisotopic (exact) mass is 999 g/mol. The first kappa shape index (κ1) is 50.5. The largest absolute Gasteiger partial charge is 0.392 e. The predicted molar refractivity (Wildman–Crippen MR) is 322 cm³/mol. The minimum absolute atomic E-state index is 0.104. The van der Waals surface area contributed by atoms with Gasteiger partial charge in [0.25, 0.3) is 0 Å². The second-order valence-electron chi connectivity index (χ2n) is 25.1. The summed E-state index contributed by atoms with van der Waals surface area (Å²) in [5.41, 5.74) is 21.0. The molecule has 6 aromatic carbocycles.